The second-order valence-electron chi connectivity index (χ2n) is 6.72. The van der Waals surface area contributed by atoms with Crippen molar-refractivity contribution in [3.05, 3.63) is 84.2 Å². The third-order valence-electron chi connectivity index (χ3n) is 4.58. The molecule has 0 aliphatic heterocycles. The molecule has 0 fully saturated rings. The van der Waals surface area contributed by atoms with Crippen LogP contribution in [-0.4, -0.2) is 35.9 Å². The van der Waals surface area contributed by atoms with Crippen LogP contribution < -0.4 is 10.6 Å². The van der Waals surface area contributed by atoms with Gasteiger partial charge in [-0.1, -0.05) is 48.5 Å². The van der Waals surface area contributed by atoms with E-state index in [1.807, 2.05) is 65.5 Å². The van der Waals surface area contributed by atoms with E-state index < -0.39 is 0 Å². The van der Waals surface area contributed by atoms with Gasteiger partial charge < -0.3 is 15.4 Å². The molecule has 29 heavy (non-hydrogen) atoms. The van der Waals surface area contributed by atoms with Gasteiger partial charge in [-0.2, -0.15) is 5.10 Å². The van der Waals surface area contributed by atoms with Crippen LogP contribution in [0.4, 0.5) is 0 Å². The molecule has 152 valence electrons. The van der Waals surface area contributed by atoms with Gasteiger partial charge in [-0.15, -0.1) is 0 Å². The Morgan fingerprint density at radius 1 is 1.03 bits per heavy atom. The first-order chi connectivity index (χ1) is 14.3. The fourth-order valence-corrected chi connectivity index (χ4v) is 2.93. The number of hydrogen-bond acceptors (Lipinski definition) is 3. The number of rotatable bonds is 9. The Hall–Kier alpha value is -3.12. The van der Waals surface area contributed by atoms with Crippen LogP contribution in [0.1, 0.15) is 30.7 Å². The summed E-state index contributed by atoms with van der Waals surface area (Å²) in [6, 6.07) is 22.4. The molecule has 0 spiro atoms. The molecule has 2 N–H and O–H groups in total. The van der Waals surface area contributed by atoms with E-state index in [1.165, 1.54) is 5.56 Å². The molecule has 0 saturated heterocycles. The van der Waals surface area contributed by atoms with Crippen molar-refractivity contribution in [3.8, 4) is 5.69 Å². The van der Waals surface area contributed by atoms with Crippen molar-refractivity contribution in [2.24, 2.45) is 4.99 Å². The molecule has 0 amide bonds. The van der Waals surface area contributed by atoms with Gasteiger partial charge in [0.2, 0.25) is 0 Å². The fraction of sp³-hybridized carbons (Fsp3) is 0.304. The van der Waals surface area contributed by atoms with Crippen molar-refractivity contribution in [2.45, 2.75) is 26.0 Å². The van der Waals surface area contributed by atoms with Crippen LogP contribution in [0.3, 0.4) is 0 Å². The molecule has 6 heteroatoms. The van der Waals surface area contributed by atoms with Gasteiger partial charge in [0.1, 0.15) is 0 Å². The summed E-state index contributed by atoms with van der Waals surface area (Å²) < 4.78 is 7.78. The summed E-state index contributed by atoms with van der Waals surface area (Å²) in [5.41, 5.74) is 3.20. The number of aliphatic imine (C=N–C) groups is 1. The third kappa shape index (κ3) is 6.47. The maximum atomic E-state index is 5.90. The minimum atomic E-state index is 0.105. The number of hydrogen-bond donors (Lipinski definition) is 2. The molecule has 2 aromatic carbocycles. The van der Waals surface area contributed by atoms with Gasteiger partial charge in [0.25, 0.3) is 0 Å². The summed E-state index contributed by atoms with van der Waals surface area (Å²) >= 11 is 0. The van der Waals surface area contributed by atoms with Crippen LogP contribution >= 0.6 is 0 Å². The number of benzene rings is 2. The molecule has 1 unspecified atom stereocenters. The highest BCUT2D eigenvalue weighted by molar-refractivity contribution is 5.79. The molecular formula is C23H29N5O. The summed E-state index contributed by atoms with van der Waals surface area (Å²) in [5.74, 6) is 0.760. The van der Waals surface area contributed by atoms with E-state index in [0.717, 1.165) is 30.3 Å². The summed E-state index contributed by atoms with van der Waals surface area (Å²) in [5, 5.41) is 11.2. The SMILES string of the molecule is CN=C(NCCCOC(C)c1ccccc1)NCc1ccn(-c2ccccc2)n1. The molecule has 0 aliphatic rings. The smallest absolute Gasteiger partial charge is 0.191 e. The normalized spacial score (nSPS) is 12.6. The van der Waals surface area contributed by atoms with E-state index in [0.29, 0.717) is 13.2 Å². The topological polar surface area (TPSA) is 63.5 Å². The minimum Gasteiger partial charge on any atom is -0.374 e. The average molecular weight is 392 g/mol. The zero-order valence-electron chi connectivity index (χ0n) is 17.1. The first-order valence-corrected chi connectivity index (χ1v) is 9.97. The summed E-state index contributed by atoms with van der Waals surface area (Å²) in [4.78, 5) is 4.27. The van der Waals surface area contributed by atoms with Crippen molar-refractivity contribution < 1.29 is 4.74 Å². The lowest BCUT2D eigenvalue weighted by Gasteiger charge is -2.14. The third-order valence-corrected chi connectivity index (χ3v) is 4.58. The zero-order chi connectivity index (χ0) is 20.3. The Bertz CT molecular complexity index is 877. The van der Waals surface area contributed by atoms with Gasteiger partial charge in [0.05, 0.1) is 24.0 Å². The highest BCUT2D eigenvalue weighted by Crippen LogP contribution is 2.15. The maximum Gasteiger partial charge on any atom is 0.191 e. The number of guanidine groups is 1. The maximum absolute atomic E-state index is 5.90. The standard InChI is InChI=1S/C23H29N5O/c1-19(20-10-5-3-6-11-20)29-17-9-15-25-23(24-2)26-18-21-14-16-28(27-21)22-12-7-4-8-13-22/h3-8,10-14,16,19H,9,15,17-18H2,1-2H3,(H2,24,25,26). The molecule has 0 radical (unpaired) electrons. The van der Waals surface area contributed by atoms with Gasteiger partial charge >= 0.3 is 0 Å². The first-order valence-electron chi connectivity index (χ1n) is 9.97. The van der Waals surface area contributed by atoms with Crippen molar-refractivity contribution in [2.75, 3.05) is 20.2 Å². The van der Waals surface area contributed by atoms with E-state index >= 15 is 0 Å². The molecule has 6 nitrogen and oxygen atoms in total. The van der Waals surface area contributed by atoms with E-state index in [1.54, 1.807) is 7.05 Å². The molecule has 3 aromatic rings. The summed E-state index contributed by atoms with van der Waals surface area (Å²) in [6.07, 6.45) is 2.97. The van der Waals surface area contributed by atoms with Crippen LogP contribution in [0, 0.1) is 0 Å². The highest BCUT2D eigenvalue weighted by Gasteiger charge is 2.05. The number of para-hydroxylation sites is 1. The largest absolute Gasteiger partial charge is 0.374 e. The summed E-state index contributed by atoms with van der Waals surface area (Å²) in [7, 11) is 1.77. The molecule has 1 atom stereocenters. The van der Waals surface area contributed by atoms with Gasteiger partial charge in [-0.05, 0) is 37.1 Å². The predicted molar refractivity (Wildman–Crippen MR) is 117 cm³/mol. The molecule has 1 aromatic heterocycles. The Balaban J connectivity index is 1.35. The monoisotopic (exact) mass is 391 g/mol. The lowest BCUT2D eigenvalue weighted by Crippen LogP contribution is -2.37. The summed E-state index contributed by atoms with van der Waals surface area (Å²) in [6.45, 7) is 4.18. The number of nitrogens with zero attached hydrogens (tertiary/aromatic N) is 3. The zero-order valence-corrected chi connectivity index (χ0v) is 17.1. The lowest BCUT2D eigenvalue weighted by molar-refractivity contribution is 0.0646. The van der Waals surface area contributed by atoms with Crippen molar-refractivity contribution in [1.82, 2.24) is 20.4 Å². The lowest BCUT2D eigenvalue weighted by atomic mass is 10.1. The minimum absolute atomic E-state index is 0.105. The van der Waals surface area contributed by atoms with E-state index in [-0.39, 0.29) is 6.10 Å². The molecule has 0 saturated carbocycles. The van der Waals surface area contributed by atoms with Gasteiger partial charge in [-0.25, -0.2) is 4.68 Å². The van der Waals surface area contributed by atoms with Crippen LogP contribution in [-0.2, 0) is 11.3 Å². The average Bonchev–Trinajstić information content (AvgIpc) is 3.26. The van der Waals surface area contributed by atoms with E-state index in [2.05, 4.69) is 39.8 Å². The van der Waals surface area contributed by atoms with Crippen LogP contribution in [0.5, 0.6) is 0 Å². The van der Waals surface area contributed by atoms with E-state index in [4.69, 9.17) is 4.74 Å². The molecule has 0 bridgehead atoms. The van der Waals surface area contributed by atoms with Gasteiger partial charge in [0.15, 0.2) is 5.96 Å². The first kappa shape index (κ1) is 20.6. The van der Waals surface area contributed by atoms with Crippen LogP contribution in [0.15, 0.2) is 77.9 Å². The van der Waals surface area contributed by atoms with Crippen molar-refractivity contribution >= 4 is 5.96 Å². The fourth-order valence-electron chi connectivity index (χ4n) is 2.93. The van der Waals surface area contributed by atoms with Gasteiger partial charge in [-0.3, -0.25) is 4.99 Å². The molecule has 3 rings (SSSR count). The second kappa shape index (κ2) is 11.0. The molecule has 0 aliphatic carbocycles. The van der Waals surface area contributed by atoms with E-state index in [9.17, 15) is 0 Å². The molecular weight excluding hydrogens is 362 g/mol. The Morgan fingerprint density at radius 2 is 1.76 bits per heavy atom. The quantitative estimate of drug-likeness (QED) is 0.332. The number of aromatic nitrogens is 2. The van der Waals surface area contributed by atoms with Crippen LogP contribution in [0.25, 0.3) is 5.69 Å². The van der Waals surface area contributed by atoms with Gasteiger partial charge in [0, 0.05) is 26.4 Å². The predicted octanol–water partition coefficient (Wildman–Crippen LogP) is 3.71. The number of ether oxygens (including phenoxy) is 1. The second-order valence-corrected chi connectivity index (χ2v) is 6.72. The van der Waals surface area contributed by atoms with Crippen molar-refractivity contribution in [3.63, 3.8) is 0 Å². The van der Waals surface area contributed by atoms with Crippen LogP contribution in [0.2, 0.25) is 0 Å². The molecule has 1 heterocycles. The Morgan fingerprint density at radius 3 is 2.48 bits per heavy atom. The Kier molecular flexibility index (Phi) is 7.83. The highest BCUT2D eigenvalue weighted by atomic mass is 16.5. The van der Waals surface area contributed by atoms with Crippen molar-refractivity contribution in [1.29, 1.82) is 0 Å². The Labute approximate surface area is 172 Å². The number of nitrogens with one attached hydrogen (secondary N) is 2.